The number of amides is 1. The molecule has 0 saturated carbocycles. The second-order valence-corrected chi connectivity index (χ2v) is 6.15. The molecule has 0 spiro atoms. The summed E-state index contributed by atoms with van der Waals surface area (Å²) in [5.74, 6) is -0.367. The molecule has 1 amide bonds. The molecule has 0 atom stereocenters. The van der Waals surface area contributed by atoms with Crippen LogP contribution in [-0.2, 0) is 7.05 Å². The highest BCUT2D eigenvalue weighted by Crippen LogP contribution is 2.31. The van der Waals surface area contributed by atoms with Gasteiger partial charge in [0, 0.05) is 13.2 Å². The molecular formula is C11H7Cl3N2O2S. The number of carbonyl (C=O) groups is 1. The second-order valence-electron chi connectivity index (χ2n) is 3.68. The van der Waals surface area contributed by atoms with Crippen LogP contribution in [0, 0.1) is 0 Å². The van der Waals surface area contributed by atoms with Gasteiger partial charge >= 0.3 is 0 Å². The van der Waals surface area contributed by atoms with Gasteiger partial charge in [0.2, 0.25) is 0 Å². The van der Waals surface area contributed by atoms with Gasteiger partial charge in [0.05, 0.1) is 15.6 Å². The largest absolute Gasteiger partial charge is 0.320 e. The van der Waals surface area contributed by atoms with E-state index in [0.717, 1.165) is 11.3 Å². The first kappa shape index (κ1) is 14.4. The van der Waals surface area contributed by atoms with E-state index in [2.05, 4.69) is 5.32 Å². The van der Waals surface area contributed by atoms with Crippen LogP contribution in [0.5, 0.6) is 0 Å². The van der Waals surface area contributed by atoms with Crippen molar-refractivity contribution >= 4 is 57.7 Å². The molecule has 4 nitrogen and oxygen atoms in total. The van der Waals surface area contributed by atoms with Gasteiger partial charge in [-0.05, 0) is 12.1 Å². The maximum atomic E-state index is 11.9. The van der Waals surface area contributed by atoms with Crippen molar-refractivity contribution in [1.82, 2.24) is 4.57 Å². The Balaban J connectivity index is 2.26. The van der Waals surface area contributed by atoms with Crippen LogP contribution in [0.2, 0.25) is 14.4 Å². The van der Waals surface area contributed by atoms with E-state index < -0.39 is 0 Å². The van der Waals surface area contributed by atoms with Gasteiger partial charge in [-0.3, -0.25) is 9.59 Å². The first-order valence-electron chi connectivity index (χ1n) is 5.01. The lowest BCUT2D eigenvalue weighted by molar-refractivity contribution is 0.103. The molecule has 0 aliphatic carbocycles. The number of nitrogens with one attached hydrogen (secondary N) is 1. The third-order valence-electron chi connectivity index (χ3n) is 2.27. The molecule has 0 fully saturated rings. The van der Waals surface area contributed by atoms with Gasteiger partial charge in [0.1, 0.15) is 9.36 Å². The van der Waals surface area contributed by atoms with Crippen molar-refractivity contribution in [2.45, 2.75) is 0 Å². The lowest BCUT2D eigenvalue weighted by atomic mass is 10.3. The fourth-order valence-corrected chi connectivity index (χ4v) is 2.91. The average Bonchev–Trinajstić information content (AvgIpc) is 2.66. The fraction of sp³-hybridized carbons (Fsp3) is 0.0909. The zero-order chi connectivity index (χ0) is 14.2. The lowest BCUT2D eigenvalue weighted by Gasteiger charge is -2.06. The van der Waals surface area contributed by atoms with E-state index >= 15 is 0 Å². The van der Waals surface area contributed by atoms with Crippen LogP contribution in [0.4, 0.5) is 5.69 Å². The van der Waals surface area contributed by atoms with Crippen LogP contribution in [0.15, 0.2) is 23.1 Å². The standard InChI is InChI=1S/C11H7Cl3N2O2S/c1-16-4-5(2-7(13)11(16)18)15-10(17)8-3-6(12)9(14)19-8/h2-4H,1H3,(H,15,17). The topological polar surface area (TPSA) is 51.1 Å². The highest BCUT2D eigenvalue weighted by Gasteiger charge is 2.13. The summed E-state index contributed by atoms with van der Waals surface area (Å²) in [6.07, 6.45) is 1.48. The molecular weight excluding hydrogens is 331 g/mol. The summed E-state index contributed by atoms with van der Waals surface area (Å²) in [6.45, 7) is 0. The Hall–Kier alpha value is -1.01. The minimum atomic E-state index is -0.367. The SMILES string of the molecule is Cn1cc(NC(=O)c2cc(Cl)c(Cl)s2)cc(Cl)c1=O. The monoisotopic (exact) mass is 336 g/mol. The molecule has 0 aliphatic heterocycles. The lowest BCUT2D eigenvalue weighted by Crippen LogP contribution is -2.19. The van der Waals surface area contributed by atoms with Crippen LogP contribution >= 0.6 is 46.1 Å². The summed E-state index contributed by atoms with van der Waals surface area (Å²) in [4.78, 5) is 23.7. The number of aromatic nitrogens is 1. The number of pyridine rings is 1. The molecule has 0 saturated heterocycles. The molecule has 2 aromatic heterocycles. The maximum absolute atomic E-state index is 11.9. The Labute approximate surface area is 127 Å². The number of carbonyl (C=O) groups excluding carboxylic acids is 1. The fourth-order valence-electron chi connectivity index (χ4n) is 1.39. The van der Waals surface area contributed by atoms with E-state index in [-0.39, 0.29) is 16.5 Å². The number of nitrogens with zero attached hydrogens (tertiary/aromatic N) is 1. The van der Waals surface area contributed by atoms with Crippen molar-refractivity contribution < 1.29 is 4.79 Å². The van der Waals surface area contributed by atoms with Crippen LogP contribution in [0.1, 0.15) is 9.67 Å². The molecule has 0 aliphatic rings. The minimum Gasteiger partial charge on any atom is -0.320 e. The maximum Gasteiger partial charge on any atom is 0.269 e. The van der Waals surface area contributed by atoms with Gasteiger partial charge < -0.3 is 9.88 Å². The van der Waals surface area contributed by atoms with E-state index in [4.69, 9.17) is 34.8 Å². The molecule has 8 heteroatoms. The third kappa shape index (κ3) is 3.12. The van der Waals surface area contributed by atoms with Gasteiger partial charge in [-0.25, -0.2) is 0 Å². The molecule has 0 bridgehead atoms. The average molecular weight is 338 g/mol. The van der Waals surface area contributed by atoms with Crippen molar-refractivity contribution in [2.75, 3.05) is 5.32 Å². The summed E-state index contributed by atoms with van der Waals surface area (Å²) in [5, 5.41) is 2.98. The Morgan fingerprint density at radius 2 is 1.95 bits per heavy atom. The number of anilines is 1. The number of rotatable bonds is 2. The Morgan fingerprint density at radius 3 is 2.47 bits per heavy atom. The quantitative estimate of drug-likeness (QED) is 0.909. The van der Waals surface area contributed by atoms with Crippen molar-refractivity contribution in [1.29, 1.82) is 0 Å². The smallest absolute Gasteiger partial charge is 0.269 e. The molecule has 2 heterocycles. The van der Waals surface area contributed by atoms with E-state index in [0.29, 0.717) is 19.9 Å². The minimum absolute atomic E-state index is 0.0301. The molecule has 19 heavy (non-hydrogen) atoms. The van der Waals surface area contributed by atoms with E-state index in [1.54, 1.807) is 7.05 Å². The molecule has 1 N–H and O–H groups in total. The summed E-state index contributed by atoms with van der Waals surface area (Å²) in [6, 6.07) is 2.87. The van der Waals surface area contributed by atoms with E-state index in [1.165, 1.54) is 22.9 Å². The summed E-state index contributed by atoms with van der Waals surface area (Å²) < 4.78 is 1.64. The third-order valence-corrected chi connectivity index (χ3v) is 4.40. The molecule has 100 valence electrons. The Morgan fingerprint density at radius 1 is 1.26 bits per heavy atom. The normalized spacial score (nSPS) is 10.5. The van der Waals surface area contributed by atoms with Gasteiger partial charge in [0.15, 0.2) is 0 Å². The van der Waals surface area contributed by atoms with Crippen LogP contribution in [-0.4, -0.2) is 10.5 Å². The zero-order valence-electron chi connectivity index (χ0n) is 9.54. The van der Waals surface area contributed by atoms with Gasteiger partial charge in [-0.1, -0.05) is 34.8 Å². The van der Waals surface area contributed by atoms with Crippen molar-refractivity contribution in [3.8, 4) is 0 Å². The first-order chi connectivity index (χ1) is 8.88. The van der Waals surface area contributed by atoms with Crippen molar-refractivity contribution in [3.05, 3.63) is 47.9 Å². The number of hydrogen-bond donors (Lipinski definition) is 1. The molecule has 0 radical (unpaired) electrons. The van der Waals surface area contributed by atoms with Gasteiger partial charge in [0.25, 0.3) is 11.5 Å². The highest BCUT2D eigenvalue weighted by molar-refractivity contribution is 7.18. The number of thiophene rings is 1. The van der Waals surface area contributed by atoms with Gasteiger partial charge in [-0.15, -0.1) is 11.3 Å². The van der Waals surface area contributed by atoms with Crippen LogP contribution in [0.25, 0.3) is 0 Å². The van der Waals surface area contributed by atoms with Gasteiger partial charge in [-0.2, -0.15) is 0 Å². The Bertz CT molecular complexity index is 663. The number of hydrogen-bond acceptors (Lipinski definition) is 3. The van der Waals surface area contributed by atoms with E-state index in [1.807, 2.05) is 0 Å². The van der Waals surface area contributed by atoms with Crippen LogP contribution in [0.3, 0.4) is 0 Å². The summed E-state index contributed by atoms with van der Waals surface area (Å²) >= 11 is 18.4. The predicted molar refractivity (Wildman–Crippen MR) is 79.0 cm³/mol. The number of halogens is 3. The molecule has 0 aromatic carbocycles. The number of aryl methyl sites for hydroxylation is 1. The predicted octanol–water partition coefficient (Wildman–Crippen LogP) is 3.66. The molecule has 2 rings (SSSR count). The molecule has 2 aromatic rings. The summed E-state index contributed by atoms with van der Waals surface area (Å²) in [7, 11) is 1.54. The van der Waals surface area contributed by atoms with E-state index in [9.17, 15) is 9.59 Å². The van der Waals surface area contributed by atoms with Crippen molar-refractivity contribution in [3.63, 3.8) is 0 Å². The second kappa shape index (κ2) is 5.54. The summed E-state index contributed by atoms with van der Waals surface area (Å²) in [5.41, 5.74) is 0.0830. The molecule has 0 unspecified atom stereocenters. The zero-order valence-corrected chi connectivity index (χ0v) is 12.6. The first-order valence-corrected chi connectivity index (χ1v) is 6.96. The van der Waals surface area contributed by atoms with Crippen LogP contribution < -0.4 is 10.9 Å². The Kier molecular flexibility index (Phi) is 4.20. The van der Waals surface area contributed by atoms with Crippen molar-refractivity contribution in [2.24, 2.45) is 7.05 Å². The highest BCUT2D eigenvalue weighted by atomic mass is 35.5.